The highest BCUT2D eigenvalue weighted by Gasteiger charge is 2.27. The summed E-state index contributed by atoms with van der Waals surface area (Å²) in [5.41, 5.74) is 2.26. The molecular weight excluding hydrogens is 386 g/mol. The maximum atomic E-state index is 12.8. The number of rotatable bonds is 5. The zero-order chi connectivity index (χ0) is 20.3. The molecule has 0 unspecified atom stereocenters. The van der Waals surface area contributed by atoms with Gasteiger partial charge >= 0.3 is 0 Å². The molecule has 0 bridgehead atoms. The highest BCUT2D eigenvalue weighted by molar-refractivity contribution is 7.89. The van der Waals surface area contributed by atoms with Gasteiger partial charge in [0.15, 0.2) is 0 Å². The fourth-order valence-electron chi connectivity index (χ4n) is 4.04. The van der Waals surface area contributed by atoms with Gasteiger partial charge in [0.1, 0.15) is 0 Å². The topological polar surface area (TPSA) is 69.7 Å². The van der Waals surface area contributed by atoms with Crippen molar-refractivity contribution in [2.45, 2.75) is 37.0 Å². The number of piperidine rings is 1. The molecule has 0 spiro atoms. The third-order valence-electron chi connectivity index (χ3n) is 5.67. The Hall–Kier alpha value is -2.38. The van der Waals surface area contributed by atoms with Crippen LogP contribution in [0.5, 0.6) is 0 Å². The summed E-state index contributed by atoms with van der Waals surface area (Å²) in [6, 6.07) is 14.1. The maximum absolute atomic E-state index is 12.8. The number of hydrogen-bond donors (Lipinski definition) is 1. The molecule has 2 aromatic carbocycles. The normalized spacial score (nSPS) is 18.0. The Labute approximate surface area is 172 Å². The molecule has 0 aromatic heterocycles. The minimum atomic E-state index is -3.47. The molecule has 4 rings (SSSR count). The molecule has 0 atom stereocenters. The van der Waals surface area contributed by atoms with Gasteiger partial charge in [-0.25, -0.2) is 8.42 Å². The molecule has 2 aliphatic heterocycles. The van der Waals surface area contributed by atoms with Crippen molar-refractivity contribution in [2.75, 3.05) is 36.4 Å². The Balaban J connectivity index is 1.49. The minimum absolute atomic E-state index is 0.237. The summed E-state index contributed by atoms with van der Waals surface area (Å²) in [5, 5.41) is 3.00. The number of nitrogens with one attached hydrogen (secondary N) is 1. The molecule has 2 aromatic rings. The first-order valence-electron chi connectivity index (χ1n) is 10.3. The molecule has 2 fully saturated rings. The van der Waals surface area contributed by atoms with Gasteiger partial charge in [-0.2, -0.15) is 4.31 Å². The van der Waals surface area contributed by atoms with E-state index in [0.29, 0.717) is 18.7 Å². The average Bonchev–Trinajstić information content (AvgIpc) is 3.31. The van der Waals surface area contributed by atoms with E-state index in [0.717, 1.165) is 50.1 Å². The van der Waals surface area contributed by atoms with Crippen LogP contribution in [0.2, 0.25) is 0 Å². The van der Waals surface area contributed by atoms with Gasteiger partial charge in [-0.1, -0.05) is 12.1 Å². The SMILES string of the molecule is O=C(Nc1ccccc1N1CCCCC1)c1ccc(S(=O)(=O)N2CCCC2)cc1. The molecule has 29 heavy (non-hydrogen) atoms. The standard InChI is InChI=1S/C22H27N3O3S/c26-22(23-20-8-2-3-9-21(20)24-14-4-1-5-15-24)18-10-12-19(13-11-18)29(27,28)25-16-6-7-17-25/h2-3,8-13H,1,4-7,14-17H2,(H,23,26). The van der Waals surface area contributed by atoms with Crippen molar-refractivity contribution in [1.29, 1.82) is 0 Å². The van der Waals surface area contributed by atoms with E-state index in [1.54, 1.807) is 12.1 Å². The zero-order valence-electron chi connectivity index (χ0n) is 16.5. The summed E-state index contributed by atoms with van der Waals surface area (Å²) in [5.74, 6) is -0.237. The number of hydrogen-bond acceptors (Lipinski definition) is 4. The van der Waals surface area contributed by atoms with Gasteiger partial charge in [0, 0.05) is 31.7 Å². The summed E-state index contributed by atoms with van der Waals surface area (Å²) in [6.07, 6.45) is 5.37. The summed E-state index contributed by atoms with van der Waals surface area (Å²) in [6.45, 7) is 3.13. The van der Waals surface area contributed by atoms with Gasteiger partial charge in [0.05, 0.1) is 16.3 Å². The van der Waals surface area contributed by atoms with Crippen LogP contribution in [-0.2, 0) is 10.0 Å². The van der Waals surface area contributed by atoms with E-state index in [2.05, 4.69) is 10.2 Å². The minimum Gasteiger partial charge on any atom is -0.370 e. The molecule has 0 saturated carbocycles. The second-order valence-electron chi connectivity index (χ2n) is 7.65. The van der Waals surface area contributed by atoms with Gasteiger partial charge in [-0.05, 0) is 68.5 Å². The van der Waals surface area contributed by atoms with Crippen LogP contribution in [0.1, 0.15) is 42.5 Å². The van der Waals surface area contributed by atoms with E-state index in [9.17, 15) is 13.2 Å². The van der Waals surface area contributed by atoms with E-state index in [1.165, 1.54) is 22.9 Å². The largest absolute Gasteiger partial charge is 0.370 e. The Kier molecular flexibility index (Phi) is 5.87. The number of benzene rings is 2. The lowest BCUT2D eigenvalue weighted by Crippen LogP contribution is -2.30. The first-order valence-corrected chi connectivity index (χ1v) is 11.8. The highest BCUT2D eigenvalue weighted by atomic mass is 32.2. The fraction of sp³-hybridized carbons (Fsp3) is 0.409. The van der Waals surface area contributed by atoms with Crippen LogP contribution in [0.25, 0.3) is 0 Å². The molecule has 6 nitrogen and oxygen atoms in total. The lowest BCUT2D eigenvalue weighted by atomic mass is 10.1. The lowest BCUT2D eigenvalue weighted by molar-refractivity contribution is 0.102. The predicted octanol–water partition coefficient (Wildman–Crippen LogP) is 3.71. The van der Waals surface area contributed by atoms with Crippen LogP contribution in [0.4, 0.5) is 11.4 Å². The molecular formula is C22H27N3O3S. The number of carbonyl (C=O) groups is 1. The number of anilines is 2. The van der Waals surface area contributed by atoms with Gasteiger partial charge in [-0.3, -0.25) is 4.79 Å². The zero-order valence-corrected chi connectivity index (χ0v) is 17.3. The number of amides is 1. The molecule has 7 heteroatoms. The van der Waals surface area contributed by atoms with Crippen molar-refractivity contribution < 1.29 is 13.2 Å². The van der Waals surface area contributed by atoms with E-state index < -0.39 is 10.0 Å². The number of sulfonamides is 1. The van der Waals surface area contributed by atoms with E-state index in [4.69, 9.17) is 0 Å². The number of carbonyl (C=O) groups excluding carboxylic acids is 1. The molecule has 0 radical (unpaired) electrons. The van der Waals surface area contributed by atoms with Crippen molar-refractivity contribution in [1.82, 2.24) is 4.31 Å². The number of nitrogens with zero attached hydrogens (tertiary/aromatic N) is 2. The predicted molar refractivity (Wildman–Crippen MR) is 115 cm³/mol. The van der Waals surface area contributed by atoms with Crippen LogP contribution in [0.3, 0.4) is 0 Å². The molecule has 154 valence electrons. The smallest absolute Gasteiger partial charge is 0.255 e. The van der Waals surface area contributed by atoms with Crippen molar-refractivity contribution in [3.8, 4) is 0 Å². The number of para-hydroxylation sites is 2. The Morgan fingerprint density at radius 1 is 0.793 bits per heavy atom. The van der Waals surface area contributed by atoms with Crippen molar-refractivity contribution >= 4 is 27.3 Å². The van der Waals surface area contributed by atoms with Crippen LogP contribution in [0.15, 0.2) is 53.4 Å². The second kappa shape index (κ2) is 8.55. The van der Waals surface area contributed by atoms with Crippen LogP contribution in [0, 0.1) is 0 Å². The van der Waals surface area contributed by atoms with Crippen molar-refractivity contribution in [3.05, 3.63) is 54.1 Å². The summed E-state index contributed by atoms with van der Waals surface area (Å²) in [4.78, 5) is 15.3. The summed E-state index contributed by atoms with van der Waals surface area (Å²) in [7, 11) is -3.47. The highest BCUT2D eigenvalue weighted by Crippen LogP contribution is 2.29. The lowest BCUT2D eigenvalue weighted by Gasteiger charge is -2.30. The van der Waals surface area contributed by atoms with Gasteiger partial charge in [-0.15, -0.1) is 0 Å². The van der Waals surface area contributed by atoms with Crippen LogP contribution in [-0.4, -0.2) is 44.8 Å². The van der Waals surface area contributed by atoms with Crippen LogP contribution >= 0.6 is 0 Å². The van der Waals surface area contributed by atoms with Crippen molar-refractivity contribution in [2.24, 2.45) is 0 Å². The monoisotopic (exact) mass is 413 g/mol. The molecule has 2 aliphatic rings. The first kappa shape index (κ1) is 19.9. The summed E-state index contributed by atoms with van der Waals surface area (Å²) >= 11 is 0. The average molecular weight is 414 g/mol. The third-order valence-corrected chi connectivity index (χ3v) is 7.58. The molecule has 1 N–H and O–H groups in total. The van der Waals surface area contributed by atoms with Crippen LogP contribution < -0.4 is 10.2 Å². The van der Waals surface area contributed by atoms with E-state index in [-0.39, 0.29) is 10.8 Å². The molecule has 2 heterocycles. The van der Waals surface area contributed by atoms with E-state index in [1.807, 2.05) is 24.3 Å². The maximum Gasteiger partial charge on any atom is 0.255 e. The van der Waals surface area contributed by atoms with Gasteiger partial charge in [0.2, 0.25) is 10.0 Å². The van der Waals surface area contributed by atoms with Crippen molar-refractivity contribution in [3.63, 3.8) is 0 Å². The molecule has 2 saturated heterocycles. The molecule has 0 aliphatic carbocycles. The molecule has 1 amide bonds. The fourth-order valence-corrected chi connectivity index (χ4v) is 5.56. The Morgan fingerprint density at radius 2 is 1.41 bits per heavy atom. The quantitative estimate of drug-likeness (QED) is 0.811. The Bertz CT molecular complexity index is 961. The van der Waals surface area contributed by atoms with Gasteiger partial charge < -0.3 is 10.2 Å². The summed E-state index contributed by atoms with van der Waals surface area (Å²) < 4.78 is 26.8. The second-order valence-corrected chi connectivity index (χ2v) is 9.59. The Morgan fingerprint density at radius 3 is 2.10 bits per heavy atom. The first-order chi connectivity index (χ1) is 14.1. The van der Waals surface area contributed by atoms with E-state index >= 15 is 0 Å². The third kappa shape index (κ3) is 4.31. The van der Waals surface area contributed by atoms with Gasteiger partial charge in [0.25, 0.3) is 5.91 Å².